The third-order valence-corrected chi connectivity index (χ3v) is 24.7. The molecule has 426 valence electrons. The second kappa shape index (κ2) is 32.3. The van der Waals surface area contributed by atoms with Gasteiger partial charge in [-0.25, -0.2) is 29.9 Å². The predicted octanol–water partition coefficient (Wildman–Crippen LogP) is 23.1. The molecule has 80 heavy (non-hydrogen) atoms. The molecule has 9 rings (SSSR count). The van der Waals surface area contributed by atoms with E-state index in [0.717, 1.165) is 89.4 Å². The van der Waals surface area contributed by atoms with Gasteiger partial charge in [0.1, 0.15) is 22.6 Å². The maximum Gasteiger partial charge on any atom is 0.164 e. The Bertz CT molecular complexity index is 3400. The molecule has 0 saturated heterocycles. The fourth-order valence-corrected chi connectivity index (χ4v) is 18.1. The van der Waals surface area contributed by atoms with E-state index in [4.69, 9.17) is 29.9 Å². The summed E-state index contributed by atoms with van der Waals surface area (Å²) in [7, 11) is 0. The van der Waals surface area contributed by atoms with Crippen molar-refractivity contribution in [3.63, 3.8) is 0 Å². The van der Waals surface area contributed by atoms with Gasteiger partial charge < -0.3 is 9.97 Å². The summed E-state index contributed by atoms with van der Waals surface area (Å²) in [4.78, 5) is 45.7. The Hall–Kier alpha value is -1.44. The molecule has 0 amide bonds. The Balaban J connectivity index is 1.22. The van der Waals surface area contributed by atoms with Crippen LogP contribution in [-0.4, -0.2) is 62.9 Å². The van der Waals surface area contributed by atoms with Crippen LogP contribution in [0.15, 0.2) is 68.1 Å². The lowest BCUT2D eigenvalue weighted by molar-refractivity contribution is 0.627. The Morgan fingerprint density at radius 3 is 0.825 bits per heavy atom. The minimum Gasteiger partial charge on any atom is -0.324 e. The van der Waals surface area contributed by atoms with Gasteiger partial charge >= 0.3 is 0 Å². The number of hydrogen-bond donors (Lipinski definition) is 2. The van der Waals surface area contributed by atoms with Gasteiger partial charge in [-0.1, -0.05) is 156 Å². The van der Waals surface area contributed by atoms with Gasteiger partial charge in [-0.05, 0) is 188 Å². The van der Waals surface area contributed by atoms with Gasteiger partial charge in [0.25, 0.3) is 0 Å². The third-order valence-electron chi connectivity index (χ3n) is 15.1. The van der Waals surface area contributed by atoms with Gasteiger partial charge in [0.15, 0.2) is 23.3 Å². The molecule has 0 aliphatic carbocycles. The third kappa shape index (κ3) is 16.5. The van der Waals surface area contributed by atoms with E-state index in [9.17, 15) is 0 Å². The SMILES string of the molecule is CCCCCCCCSc1cc2c(cc1I)-c1nc-2nc2[nH]c(nc3nc(nc4[nH]c(n1)c1cc(SCCCCCCCC)c(I)cc41)-c1cc(I)c(SCCCCCCCC)cc1-3)c1cc(SCCCCCCCC)c(I)cc21. The molecule has 8 nitrogen and oxygen atoms in total. The molecule has 16 heteroatoms. The molecule has 8 bridgehead atoms. The Kier molecular flexibility index (Phi) is 25.5. The van der Waals surface area contributed by atoms with Crippen LogP contribution in [-0.2, 0) is 0 Å². The van der Waals surface area contributed by atoms with E-state index in [1.807, 2.05) is 47.0 Å². The van der Waals surface area contributed by atoms with Crippen molar-refractivity contribution in [2.24, 2.45) is 0 Å². The zero-order valence-electron chi connectivity index (χ0n) is 47.2. The van der Waals surface area contributed by atoms with Gasteiger partial charge in [-0.15, -0.1) is 47.0 Å². The van der Waals surface area contributed by atoms with E-state index < -0.39 is 0 Å². The van der Waals surface area contributed by atoms with Crippen molar-refractivity contribution in [2.45, 2.75) is 201 Å². The summed E-state index contributed by atoms with van der Waals surface area (Å²) in [5.41, 5.74) is 6.93. The molecular weight excluding hydrogens is 1520 g/mol. The summed E-state index contributed by atoms with van der Waals surface area (Å²) < 4.78 is 4.84. The van der Waals surface area contributed by atoms with Gasteiger partial charge in [0.05, 0.1) is 0 Å². The monoisotopic (exact) mass is 1590 g/mol. The van der Waals surface area contributed by atoms with Crippen LogP contribution >= 0.6 is 137 Å². The average molecular weight is 1600 g/mol. The highest BCUT2D eigenvalue weighted by molar-refractivity contribution is 14.1. The first-order valence-corrected chi connectivity index (χ1v) is 38.1. The fraction of sp³-hybridized carbons (Fsp3) is 0.500. The molecule has 5 heterocycles. The standard InChI is InChI=1S/C64H78I4N8S4/c1-5-9-13-17-21-25-29-77-53-37-45-41(33-49(53)65)57-69-58-42-34-50(66)55(79-31-27-23-19-15-11-7-3)39-47(42)63(71-58)76-64-48-40-56(80-32-28-24-20-16-12-8-4)52(68)36-44(48)60(75-64)74-62-46-38-54(78-30-26-22-18-14-10-6-2)51(67)35-43(46)59(73-62)72-61(45)70-57/h33-40H,5-32H2,1-4H3,(H2,69,70,71,72,73,74,75,76). The summed E-state index contributed by atoms with van der Waals surface area (Å²) in [5.74, 6) is 6.93. The van der Waals surface area contributed by atoms with Crippen LogP contribution in [0.5, 0.6) is 0 Å². The number of unbranched alkanes of at least 4 members (excludes halogenated alkanes) is 20. The molecular formula is C64H78I4N8S4. The van der Waals surface area contributed by atoms with Crippen molar-refractivity contribution in [1.82, 2.24) is 39.9 Å². The van der Waals surface area contributed by atoms with Crippen molar-refractivity contribution in [3.8, 4) is 45.6 Å². The highest BCUT2D eigenvalue weighted by Gasteiger charge is 2.26. The van der Waals surface area contributed by atoms with Crippen molar-refractivity contribution < 1.29 is 0 Å². The van der Waals surface area contributed by atoms with Gasteiger partial charge in [0.2, 0.25) is 0 Å². The van der Waals surface area contributed by atoms with Gasteiger partial charge in [0, 0.05) is 77.7 Å². The second-order valence-corrected chi connectivity index (χ2v) is 30.6. The molecule has 0 saturated carbocycles. The predicted molar refractivity (Wildman–Crippen MR) is 383 cm³/mol. The molecule has 2 aliphatic heterocycles. The number of halogens is 4. The van der Waals surface area contributed by atoms with Crippen LogP contribution in [0.3, 0.4) is 0 Å². The maximum atomic E-state index is 5.57. The van der Waals surface area contributed by atoms with E-state index in [1.165, 1.54) is 188 Å². The molecule has 0 spiro atoms. The Morgan fingerprint density at radius 1 is 0.287 bits per heavy atom. The Labute approximate surface area is 547 Å². The summed E-state index contributed by atoms with van der Waals surface area (Å²) in [5, 5.41) is 4.09. The molecule has 0 unspecified atom stereocenters. The van der Waals surface area contributed by atoms with Crippen molar-refractivity contribution in [2.75, 3.05) is 23.0 Å². The van der Waals surface area contributed by atoms with Crippen LogP contribution in [0, 0.1) is 14.3 Å². The van der Waals surface area contributed by atoms with E-state index >= 15 is 0 Å². The minimum atomic E-state index is 0.646. The summed E-state index contributed by atoms with van der Waals surface area (Å²) in [6, 6.07) is 18.5. The quantitative estimate of drug-likeness (QED) is 0.0240. The van der Waals surface area contributed by atoms with Crippen LogP contribution < -0.4 is 0 Å². The zero-order chi connectivity index (χ0) is 55.8. The van der Waals surface area contributed by atoms with E-state index in [-0.39, 0.29) is 0 Å². The lowest BCUT2D eigenvalue weighted by Crippen LogP contribution is -1.89. The molecule has 2 aliphatic rings. The molecule has 0 fully saturated rings. The molecule has 0 atom stereocenters. The lowest BCUT2D eigenvalue weighted by Gasteiger charge is -2.08. The average Bonchev–Trinajstić information content (AvgIpc) is 4.18. The van der Waals surface area contributed by atoms with E-state index in [0.29, 0.717) is 23.3 Å². The van der Waals surface area contributed by atoms with Crippen LogP contribution in [0.4, 0.5) is 0 Å². The highest BCUT2D eigenvalue weighted by atomic mass is 127. The zero-order valence-corrected chi connectivity index (χ0v) is 59.1. The maximum absolute atomic E-state index is 5.57. The first kappa shape index (κ1) is 63.1. The molecule has 4 aromatic carbocycles. The minimum absolute atomic E-state index is 0.646. The summed E-state index contributed by atoms with van der Waals surface area (Å²) in [6.07, 6.45) is 30.8. The first-order valence-electron chi connectivity index (χ1n) is 29.9. The number of thioether (sulfide) groups is 4. The number of rotatable bonds is 32. The Morgan fingerprint density at radius 2 is 0.525 bits per heavy atom. The number of aromatic nitrogens is 8. The number of nitrogens with zero attached hydrogens (tertiary/aromatic N) is 6. The van der Waals surface area contributed by atoms with Crippen molar-refractivity contribution >= 4 is 182 Å². The van der Waals surface area contributed by atoms with Crippen molar-refractivity contribution in [3.05, 3.63) is 62.8 Å². The fourth-order valence-electron chi connectivity index (χ4n) is 10.5. The van der Waals surface area contributed by atoms with E-state index in [2.05, 4.69) is 177 Å². The smallest absolute Gasteiger partial charge is 0.164 e. The highest BCUT2D eigenvalue weighted by Crippen LogP contribution is 2.44. The molecule has 3 aromatic heterocycles. The van der Waals surface area contributed by atoms with Gasteiger partial charge in [-0.3, -0.25) is 0 Å². The molecule has 0 radical (unpaired) electrons. The van der Waals surface area contributed by atoms with Crippen LogP contribution in [0.25, 0.3) is 89.7 Å². The van der Waals surface area contributed by atoms with Gasteiger partial charge in [-0.2, -0.15) is 0 Å². The van der Waals surface area contributed by atoms with Crippen LogP contribution in [0.2, 0.25) is 0 Å². The summed E-state index contributed by atoms with van der Waals surface area (Å²) >= 11 is 17.9. The number of benzene rings is 4. The normalized spacial score (nSPS) is 12.1. The molecule has 2 N–H and O–H groups in total. The number of aromatic amines is 2. The topological polar surface area (TPSA) is 109 Å². The van der Waals surface area contributed by atoms with Crippen LogP contribution in [0.1, 0.15) is 182 Å². The number of hydrogen-bond acceptors (Lipinski definition) is 10. The second-order valence-electron chi connectivity index (χ2n) is 21.4. The van der Waals surface area contributed by atoms with E-state index in [1.54, 1.807) is 0 Å². The summed E-state index contributed by atoms with van der Waals surface area (Å²) in [6.45, 7) is 9.15. The number of H-pyrrole nitrogens is 2. The first-order chi connectivity index (χ1) is 39.2. The van der Waals surface area contributed by atoms with Crippen molar-refractivity contribution in [1.29, 1.82) is 0 Å². The number of nitrogens with one attached hydrogen (secondary N) is 2. The largest absolute Gasteiger partial charge is 0.324 e. The number of fused-ring (bicyclic) bond motifs is 20. The molecule has 7 aromatic rings. The lowest BCUT2D eigenvalue weighted by atomic mass is 10.1.